The molecule has 0 heterocycles. The number of halogens is 2. The molecule has 94 valence electrons. The second-order valence-corrected chi connectivity index (χ2v) is 4.95. The largest absolute Gasteiger partial charge is 0.310 e. The molecule has 1 aliphatic carbocycles. The minimum absolute atomic E-state index is 0.405. The molecule has 3 heteroatoms. The molecular weight excluding hydrogens is 220 g/mol. The lowest BCUT2D eigenvalue weighted by atomic mass is 9.99. The zero-order chi connectivity index (χ0) is 12.3. The summed E-state index contributed by atoms with van der Waals surface area (Å²) in [7, 11) is 0. The summed E-state index contributed by atoms with van der Waals surface area (Å²) >= 11 is 0. The van der Waals surface area contributed by atoms with Crippen molar-refractivity contribution < 1.29 is 8.78 Å². The summed E-state index contributed by atoms with van der Waals surface area (Å²) in [6, 6.07) is 4.17. The van der Waals surface area contributed by atoms with E-state index in [0.29, 0.717) is 24.1 Å². The van der Waals surface area contributed by atoms with Crippen molar-refractivity contribution >= 4 is 0 Å². The summed E-state index contributed by atoms with van der Waals surface area (Å²) < 4.78 is 26.1. The van der Waals surface area contributed by atoms with Gasteiger partial charge in [-0.05, 0) is 31.7 Å². The summed E-state index contributed by atoms with van der Waals surface area (Å²) in [5.74, 6) is -0.273. The van der Waals surface area contributed by atoms with Crippen LogP contribution in [0.5, 0.6) is 0 Å². The summed E-state index contributed by atoms with van der Waals surface area (Å²) in [5, 5.41) is 3.34. The Morgan fingerprint density at radius 3 is 2.65 bits per heavy atom. The van der Waals surface area contributed by atoms with Gasteiger partial charge in [-0.25, -0.2) is 8.78 Å². The highest BCUT2D eigenvalue weighted by atomic mass is 19.1. The van der Waals surface area contributed by atoms with E-state index in [2.05, 4.69) is 12.2 Å². The molecule has 1 aliphatic rings. The van der Waals surface area contributed by atoms with Gasteiger partial charge in [0.05, 0.1) is 0 Å². The van der Waals surface area contributed by atoms with Gasteiger partial charge in [0.15, 0.2) is 0 Å². The summed E-state index contributed by atoms with van der Waals surface area (Å²) in [6.07, 6.45) is 5.14. The van der Waals surface area contributed by atoms with E-state index >= 15 is 0 Å². The average Bonchev–Trinajstić information content (AvgIpc) is 2.81. The van der Waals surface area contributed by atoms with E-state index in [1.54, 1.807) is 0 Å². The quantitative estimate of drug-likeness (QED) is 0.846. The third-order valence-electron chi connectivity index (χ3n) is 3.74. The molecule has 17 heavy (non-hydrogen) atoms. The second kappa shape index (κ2) is 5.58. The standard InChI is InChI=1S/C14H19F2N/c1-10(11-4-2-3-5-11)17-9-12-6-7-13(15)8-14(12)16/h6-8,10-11,17H,2-5,9H2,1H3/t10-/m0/s1. The minimum Gasteiger partial charge on any atom is -0.310 e. The SMILES string of the molecule is C[C@H](NCc1ccc(F)cc1F)C1CCCC1. The summed E-state index contributed by atoms with van der Waals surface area (Å²) in [6.45, 7) is 2.63. The van der Waals surface area contributed by atoms with Crippen LogP contribution in [-0.4, -0.2) is 6.04 Å². The molecule has 0 aromatic heterocycles. The Balaban J connectivity index is 1.88. The van der Waals surface area contributed by atoms with E-state index in [0.717, 1.165) is 6.07 Å². The van der Waals surface area contributed by atoms with Crippen molar-refractivity contribution in [3.63, 3.8) is 0 Å². The molecule has 1 atom stereocenters. The molecule has 0 saturated heterocycles. The van der Waals surface area contributed by atoms with Crippen LogP contribution in [0.25, 0.3) is 0 Å². The monoisotopic (exact) mass is 239 g/mol. The van der Waals surface area contributed by atoms with E-state index in [9.17, 15) is 8.78 Å². The van der Waals surface area contributed by atoms with Crippen molar-refractivity contribution in [2.75, 3.05) is 0 Å². The Morgan fingerprint density at radius 1 is 1.29 bits per heavy atom. The molecule has 0 amide bonds. The molecule has 0 spiro atoms. The van der Waals surface area contributed by atoms with Crippen LogP contribution in [0.3, 0.4) is 0 Å². The number of hydrogen-bond acceptors (Lipinski definition) is 1. The van der Waals surface area contributed by atoms with Crippen LogP contribution < -0.4 is 5.32 Å². The van der Waals surface area contributed by atoms with E-state index in [-0.39, 0.29) is 0 Å². The van der Waals surface area contributed by atoms with Crippen LogP contribution in [0, 0.1) is 17.6 Å². The van der Waals surface area contributed by atoms with Crippen molar-refractivity contribution in [3.8, 4) is 0 Å². The third-order valence-corrected chi connectivity index (χ3v) is 3.74. The Bertz CT molecular complexity index is 372. The molecule has 1 saturated carbocycles. The van der Waals surface area contributed by atoms with Gasteiger partial charge in [0.25, 0.3) is 0 Å². The van der Waals surface area contributed by atoms with Crippen molar-refractivity contribution in [1.82, 2.24) is 5.32 Å². The van der Waals surface area contributed by atoms with Crippen molar-refractivity contribution in [2.24, 2.45) is 5.92 Å². The van der Waals surface area contributed by atoms with Gasteiger partial charge < -0.3 is 5.32 Å². The smallest absolute Gasteiger partial charge is 0.130 e. The first kappa shape index (κ1) is 12.5. The maximum Gasteiger partial charge on any atom is 0.130 e. The van der Waals surface area contributed by atoms with E-state index in [1.807, 2.05) is 0 Å². The van der Waals surface area contributed by atoms with Gasteiger partial charge in [-0.15, -0.1) is 0 Å². The first-order valence-electron chi connectivity index (χ1n) is 6.34. The number of nitrogens with one attached hydrogen (secondary N) is 1. The molecule has 1 aromatic carbocycles. The molecule has 0 unspecified atom stereocenters. The maximum atomic E-state index is 13.4. The Labute approximate surface area is 101 Å². The fourth-order valence-electron chi connectivity index (χ4n) is 2.56. The number of benzene rings is 1. The summed E-state index contributed by atoms with van der Waals surface area (Å²) in [5.41, 5.74) is 0.538. The van der Waals surface area contributed by atoms with Crippen molar-refractivity contribution in [1.29, 1.82) is 0 Å². The van der Waals surface area contributed by atoms with Gasteiger partial charge >= 0.3 is 0 Å². The van der Waals surface area contributed by atoms with E-state index in [4.69, 9.17) is 0 Å². The molecule has 1 fully saturated rings. The molecule has 0 aliphatic heterocycles. The lowest BCUT2D eigenvalue weighted by molar-refractivity contribution is 0.377. The van der Waals surface area contributed by atoms with Crippen molar-refractivity contribution in [3.05, 3.63) is 35.4 Å². The maximum absolute atomic E-state index is 13.4. The predicted octanol–water partition coefficient (Wildman–Crippen LogP) is 3.63. The van der Waals surface area contributed by atoms with Gasteiger partial charge in [-0.1, -0.05) is 18.9 Å². The Hall–Kier alpha value is -0.960. The Morgan fingerprint density at radius 2 is 2.00 bits per heavy atom. The molecule has 1 aromatic rings. The lowest BCUT2D eigenvalue weighted by Gasteiger charge is -2.20. The van der Waals surface area contributed by atoms with Crippen molar-refractivity contribution in [2.45, 2.75) is 45.2 Å². The van der Waals surface area contributed by atoms with Crippen LogP contribution >= 0.6 is 0 Å². The fraction of sp³-hybridized carbons (Fsp3) is 0.571. The molecule has 0 radical (unpaired) electrons. The number of hydrogen-bond donors (Lipinski definition) is 1. The highest BCUT2D eigenvalue weighted by Crippen LogP contribution is 2.27. The normalized spacial score (nSPS) is 18.5. The zero-order valence-corrected chi connectivity index (χ0v) is 10.2. The molecule has 1 N–H and O–H groups in total. The van der Waals surface area contributed by atoms with Gasteiger partial charge in [-0.2, -0.15) is 0 Å². The highest BCUT2D eigenvalue weighted by molar-refractivity contribution is 5.18. The predicted molar refractivity (Wildman–Crippen MR) is 64.6 cm³/mol. The van der Waals surface area contributed by atoms with Crippen LogP contribution in [0.15, 0.2) is 18.2 Å². The molecule has 1 nitrogen and oxygen atoms in total. The van der Waals surface area contributed by atoms with E-state index in [1.165, 1.54) is 37.8 Å². The second-order valence-electron chi connectivity index (χ2n) is 4.95. The Kier molecular flexibility index (Phi) is 4.11. The van der Waals surface area contributed by atoms with Gasteiger partial charge in [0.2, 0.25) is 0 Å². The first-order valence-corrected chi connectivity index (χ1v) is 6.34. The van der Waals surface area contributed by atoms with E-state index < -0.39 is 11.6 Å². The van der Waals surface area contributed by atoms with Gasteiger partial charge in [0, 0.05) is 24.2 Å². The van der Waals surface area contributed by atoms with Crippen LogP contribution in [0.1, 0.15) is 38.2 Å². The highest BCUT2D eigenvalue weighted by Gasteiger charge is 2.21. The lowest BCUT2D eigenvalue weighted by Crippen LogP contribution is -2.32. The summed E-state index contributed by atoms with van der Waals surface area (Å²) in [4.78, 5) is 0. The van der Waals surface area contributed by atoms with Gasteiger partial charge in [-0.3, -0.25) is 0 Å². The van der Waals surface area contributed by atoms with Crippen LogP contribution in [-0.2, 0) is 6.54 Å². The molecule has 0 bridgehead atoms. The third kappa shape index (κ3) is 3.25. The fourth-order valence-corrected chi connectivity index (χ4v) is 2.56. The van der Waals surface area contributed by atoms with Gasteiger partial charge in [0.1, 0.15) is 11.6 Å². The zero-order valence-electron chi connectivity index (χ0n) is 10.2. The minimum atomic E-state index is -0.518. The molecule has 2 rings (SSSR count). The topological polar surface area (TPSA) is 12.0 Å². The van der Waals surface area contributed by atoms with Crippen LogP contribution in [0.2, 0.25) is 0 Å². The average molecular weight is 239 g/mol. The molecular formula is C14H19F2N. The van der Waals surface area contributed by atoms with Crippen LogP contribution in [0.4, 0.5) is 8.78 Å². The number of rotatable bonds is 4. The first-order chi connectivity index (χ1) is 8.16.